The van der Waals surface area contributed by atoms with Crippen molar-refractivity contribution in [2.24, 2.45) is 5.92 Å². The second-order valence-electron chi connectivity index (χ2n) is 7.63. The smallest absolute Gasteiger partial charge is 0.231 e. The number of hydrogen-bond donors (Lipinski definition) is 1. The summed E-state index contributed by atoms with van der Waals surface area (Å²) in [6, 6.07) is 6.57. The van der Waals surface area contributed by atoms with Crippen LogP contribution in [-0.2, 0) is 0 Å². The van der Waals surface area contributed by atoms with Crippen molar-refractivity contribution in [1.29, 1.82) is 0 Å². The molecule has 4 heteroatoms. The maximum absolute atomic E-state index is 5.58. The molecule has 24 heavy (non-hydrogen) atoms. The number of likely N-dealkylation sites (tertiary alicyclic amines) is 1. The summed E-state index contributed by atoms with van der Waals surface area (Å²) in [4.78, 5) is 1.81. The lowest BCUT2D eigenvalue weighted by molar-refractivity contribution is -0.905. The van der Waals surface area contributed by atoms with Crippen molar-refractivity contribution in [1.82, 2.24) is 0 Å². The number of piperidine rings is 1. The van der Waals surface area contributed by atoms with Gasteiger partial charge in [-0.1, -0.05) is 26.3 Å². The third kappa shape index (κ3) is 5.29. The number of quaternary nitrogens is 1. The molecule has 0 radical (unpaired) electrons. The molecule has 1 saturated heterocycles. The lowest BCUT2D eigenvalue weighted by Gasteiger charge is -2.26. The minimum Gasteiger partial charge on any atom is -1.00 e. The van der Waals surface area contributed by atoms with Crippen LogP contribution in [0.2, 0.25) is 0 Å². The molecule has 1 N–H and O–H groups in total. The Labute approximate surface area is 153 Å². The summed E-state index contributed by atoms with van der Waals surface area (Å²) in [5, 5.41) is 0. The van der Waals surface area contributed by atoms with Crippen LogP contribution in [0.3, 0.4) is 0 Å². The van der Waals surface area contributed by atoms with Crippen LogP contribution in [0, 0.1) is 5.92 Å². The second kappa shape index (κ2) is 9.53. The van der Waals surface area contributed by atoms with E-state index in [0.717, 1.165) is 17.4 Å². The van der Waals surface area contributed by atoms with Crippen LogP contribution in [-0.4, -0.2) is 26.4 Å². The third-order valence-corrected chi connectivity index (χ3v) is 5.37. The van der Waals surface area contributed by atoms with Gasteiger partial charge < -0.3 is 26.8 Å². The van der Waals surface area contributed by atoms with Crippen LogP contribution in [0.4, 0.5) is 0 Å². The summed E-state index contributed by atoms with van der Waals surface area (Å²) >= 11 is 0. The molecule has 1 aromatic rings. The van der Waals surface area contributed by atoms with E-state index in [2.05, 4.69) is 32.0 Å². The summed E-state index contributed by atoms with van der Waals surface area (Å²) in [5.74, 6) is 3.26. The van der Waals surface area contributed by atoms with E-state index in [9.17, 15) is 0 Å². The zero-order valence-corrected chi connectivity index (χ0v) is 15.9. The maximum Gasteiger partial charge on any atom is 0.231 e. The predicted molar refractivity (Wildman–Crippen MR) is 93.4 cm³/mol. The molecule has 3 nitrogen and oxygen atoms in total. The first kappa shape index (κ1) is 19.4. The number of rotatable bonds is 7. The highest BCUT2D eigenvalue weighted by Crippen LogP contribution is 2.36. The molecule has 0 aromatic heterocycles. The topological polar surface area (TPSA) is 22.9 Å². The Morgan fingerprint density at radius 3 is 2.46 bits per heavy atom. The first-order valence-corrected chi connectivity index (χ1v) is 9.45. The lowest BCUT2D eigenvalue weighted by Crippen LogP contribution is -3.12. The van der Waals surface area contributed by atoms with Gasteiger partial charge in [-0.3, -0.25) is 0 Å². The SMILES string of the molecule is CC(C)CCC(CC[NH+]1CCCCC1)c1ccc2c(c1)OCO2.[Cl-]. The Balaban J connectivity index is 0.00000208. The van der Waals surface area contributed by atoms with E-state index in [1.54, 1.807) is 0 Å². The maximum atomic E-state index is 5.58. The zero-order chi connectivity index (χ0) is 16.1. The molecule has 2 aliphatic heterocycles. The average Bonchev–Trinajstić information content (AvgIpc) is 3.03. The van der Waals surface area contributed by atoms with E-state index in [1.165, 1.54) is 63.7 Å². The van der Waals surface area contributed by atoms with Gasteiger partial charge in [0.2, 0.25) is 6.79 Å². The molecule has 1 atom stereocenters. The summed E-state index contributed by atoms with van der Waals surface area (Å²) in [6.07, 6.45) is 8.13. The fourth-order valence-corrected chi connectivity index (χ4v) is 3.86. The quantitative estimate of drug-likeness (QED) is 0.766. The minimum atomic E-state index is 0. The Hall–Kier alpha value is -0.930. The molecule has 2 heterocycles. The van der Waals surface area contributed by atoms with Gasteiger partial charge in [-0.25, -0.2) is 0 Å². The van der Waals surface area contributed by atoms with E-state index in [0.29, 0.717) is 12.7 Å². The summed E-state index contributed by atoms with van der Waals surface area (Å²) in [6.45, 7) is 9.08. The molecule has 0 bridgehead atoms. The molecule has 2 aliphatic rings. The molecule has 136 valence electrons. The molecule has 1 aromatic carbocycles. The molecule has 1 fully saturated rings. The van der Waals surface area contributed by atoms with Gasteiger partial charge in [-0.2, -0.15) is 0 Å². The molecular formula is C20H32ClNO2. The summed E-state index contributed by atoms with van der Waals surface area (Å²) in [5.41, 5.74) is 1.44. The Morgan fingerprint density at radius 1 is 0.958 bits per heavy atom. The lowest BCUT2D eigenvalue weighted by atomic mass is 9.88. The van der Waals surface area contributed by atoms with Crippen molar-refractivity contribution in [3.63, 3.8) is 0 Å². The highest BCUT2D eigenvalue weighted by Gasteiger charge is 2.21. The Morgan fingerprint density at radius 2 is 1.71 bits per heavy atom. The molecule has 1 unspecified atom stereocenters. The number of fused-ring (bicyclic) bond motifs is 1. The Bertz CT molecular complexity index is 500. The van der Waals surface area contributed by atoms with Gasteiger partial charge in [-0.15, -0.1) is 0 Å². The number of halogens is 1. The zero-order valence-electron chi connectivity index (χ0n) is 15.2. The Kier molecular flexibility index (Phi) is 7.70. The molecule has 0 aliphatic carbocycles. The number of benzene rings is 1. The van der Waals surface area contributed by atoms with Crippen molar-refractivity contribution in [2.45, 2.75) is 58.3 Å². The van der Waals surface area contributed by atoms with Gasteiger partial charge in [0.15, 0.2) is 11.5 Å². The van der Waals surface area contributed by atoms with Gasteiger partial charge in [0, 0.05) is 6.42 Å². The summed E-state index contributed by atoms with van der Waals surface area (Å²) in [7, 11) is 0. The van der Waals surface area contributed by atoms with Gasteiger partial charge >= 0.3 is 0 Å². The predicted octanol–water partition coefficient (Wildman–Crippen LogP) is 0.398. The van der Waals surface area contributed by atoms with Crippen molar-refractivity contribution in [3.05, 3.63) is 23.8 Å². The number of ether oxygens (including phenoxy) is 2. The van der Waals surface area contributed by atoms with Crippen LogP contribution in [0.25, 0.3) is 0 Å². The number of nitrogens with one attached hydrogen (secondary N) is 1. The van der Waals surface area contributed by atoms with Crippen molar-refractivity contribution < 1.29 is 26.8 Å². The standard InChI is InChI=1S/C20H31NO2.ClH/c1-16(2)6-7-17(10-13-21-11-4-3-5-12-21)18-8-9-19-20(14-18)23-15-22-19;/h8-9,14,16-17H,3-7,10-13,15H2,1-2H3;1H. The van der Waals surface area contributed by atoms with Crippen molar-refractivity contribution >= 4 is 0 Å². The minimum absolute atomic E-state index is 0. The fourth-order valence-electron chi connectivity index (χ4n) is 3.86. The van der Waals surface area contributed by atoms with Crippen molar-refractivity contribution in [2.75, 3.05) is 26.4 Å². The van der Waals surface area contributed by atoms with E-state index in [1.807, 2.05) is 4.90 Å². The fraction of sp³-hybridized carbons (Fsp3) is 0.700. The van der Waals surface area contributed by atoms with Crippen LogP contribution in [0.5, 0.6) is 11.5 Å². The van der Waals surface area contributed by atoms with Crippen molar-refractivity contribution in [3.8, 4) is 11.5 Å². The van der Waals surface area contributed by atoms with Gasteiger partial charge in [0.1, 0.15) is 0 Å². The van der Waals surface area contributed by atoms with Crippen LogP contribution < -0.4 is 26.8 Å². The van der Waals surface area contributed by atoms with E-state index < -0.39 is 0 Å². The van der Waals surface area contributed by atoms with Gasteiger partial charge in [-0.05, 0) is 55.2 Å². The third-order valence-electron chi connectivity index (χ3n) is 5.37. The first-order valence-electron chi connectivity index (χ1n) is 9.45. The summed E-state index contributed by atoms with van der Waals surface area (Å²) < 4.78 is 11.0. The molecule has 0 amide bonds. The first-order chi connectivity index (χ1) is 11.2. The molecule has 0 saturated carbocycles. The highest BCUT2D eigenvalue weighted by molar-refractivity contribution is 5.45. The van der Waals surface area contributed by atoms with Gasteiger partial charge in [0.05, 0.1) is 19.6 Å². The van der Waals surface area contributed by atoms with E-state index in [4.69, 9.17) is 9.47 Å². The van der Waals surface area contributed by atoms with Crippen LogP contribution in [0.15, 0.2) is 18.2 Å². The average molecular weight is 354 g/mol. The second-order valence-corrected chi connectivity index (χ2v) is 7.63. The molecule has 3 rings (SSSR count). The van der Waals surface area contributed by atoms with Gasteiger partial charge in [0.25, 0.3) is 0 Å². The monoisotopic (exact) mass is 353 g/mol. The highest BCUT2D eigenvalue weighted by atomic mass is 35.5. The normalized spacial score (nSPS) is 18.5. The van der Waals surface area contributed by atoms with E-state index >= 15 is 0 Å². The molecular weight excluding hydrogens is 322 g/mol. The van der Waals surface area contributed by atoms with Crippen LogP contribution in [0.1, 0.15) is 63.9 Å². The molecule has 0 spiro atoms. The number of hydrogen-bond acceptors (Lipinski definition) is 2. The van der Waals surface area contributed by atoms with E-state index in [-0.39, 0.29) is 12.4 Å². The van der Waals surface area contributed by atoms with Crippen LogP contribution >= 0.6 is 0 Å². The largest absolute Gasteiger partial charge is 1.00 e.